The minimum atomic E-state index is -4.80. The van der Waals surface area contributed by atoms with Gasteiger partial charge in [0.05, 0.1) is 15.0 Å². The lowest BCUT2D eigenvalue weighted by atomic mass is 9.63. The van der Waals surface area contributed by atoms with Crippen molar-refractivity contribution in [1.82, 2.24) is 4.90 Å². The van der Waals surface area contributed by atoms with Crippen molar-refractivity contribution in [2.45, 2.75) is 72.4 Å². The molecule has 0 spiro atoms. The maximum atomic E-state index is 14.0. The Balaban J connectivity index is 1.78. The molecule has 7 nitrogen and oxygen atoms in total. The fourth-order valence-electron chi connectivity index (χ4n) is 6.68. The number of ketones is 2. The number of ether oxygens (including phenoxy) is 1. The lowest BCUT2D eigenvalue weighted by Gasteiger charge is -2.49. The largest absolute Gasteiger partial charge is 0.449 e. The Bertz CT molecular complexity index is 1620. The number of hydrogen-bond donors (Lipinski definition) is 0. The fraction of sp³-hybridized carbons (Fsp3) is 0.438. The number of allylic oxidation sites excluding steroid dienone is 4. The van der Waals surface area contributed by atoms with Crippen LogP contribution in [-0.2, 0) is 15.8 Å². The Morgan fingerprint density at radius 2 is 1.50 bits per heavy atom. The summed E-state index contributed by atoms with van der Waals surface area (Å²) < 4.78 is 47.3. The average molecular weight is 740 g/mol. The Morgan fingerprint density at radius 1 is 0.955 bits per heavy atom. The van der Waals surface area contributed by atoms with Gasteiger partial charge in [-0.3, -0.25) is 19.7 Å². The first-order valence-electron chi connectivity index (χ1n) is 14.2. The van der Waals surface area contributed by atoms with Gasteiger partial charge in [0.1, 0.15) is 5.75 Å². The highest BCUT2D eigenvalue weighted by Crippen LogP contribution is 2.57. The van der Waals surface area contributed by atoms with Crippen LogP contribution in [-0.4, -0.2) is 27.9 Å². The van der Waals surface area contributed by atoms with Crippen molar-refractivity contribution in [2.75, 3.05) is 6.54 Å². The Labute approximate surface area is 269 Å². The van der Waals surface area contributed by atoms with Crippen molar-refractivity contribution in [2.24, 2.45) is 10.8 Å². The molecule has 2 aromatic carbocycles. The average Bonchev–Trinajstić information content (AvgIpc) is 2.87. The molecule has 0 amide bonds. The van der Waals surface area contributed by atoms with Crippen molar-refractivity contribution >= 4 is 49.1 Å². The van der Waals surface area contributed by atoms with Gasteiger partial charge >= 0.3 is 11.9 Å². The molecule has 0 bridgehead atoms. The lowest BCUT2D eigenvalue weighted by molar-refractivity contribution is -0.385. The minimum absolute atomic E-state index is 0.0694. The molecule has 0 aromatic heterocycles. The molecule has 0 atom stereocenters. The number of nitro groups is 1. The molecular weight excluding hydrogens is 709 g/mol. The summed E-state index contributed by atoms with van der Waals surface area (Å²) in [5.74, 6) is -1.39. The van der Waals surface area contributed by atoms with E-state index in [1.807, 2.05) is 34.6 Å². The summed E-state index contributed by atoms with van der Waals surface area (Å²) in [5.41, 5.74) is 0.343. The smallest absolute Gasteiger partial charge is 0.416 e. The third-order valence-electron chi connectivity index (χ3n) is 8.38. The van der Waals surface area contributed by atoms with Crippen molar-refractivity contribution < 1.29 is 32.4 Å². The van der Waals surface area contributed by atoms with E-state index in [-0.39, 0.29) is 41.0 Å². The van der Waals surface area contributed by atoms with Gasteiger partial charge in [-0.15, -0.1) is 0 Å². The van der Waals surface area contributed by atoms with E-state index < -0.39 is 34.0 Å². The summed E-state index contributed by atoms with van der Waals surface area (Å²) in [6, 6.07) is 5.41. The molecule has 2 aliphatic carbocycles. The second-order valence-corrected chi connectivity index (χ2v) is 14.9. The molecule has 5 rings (SSSR count). The van der Waals surface area contributed by atoms with Crippen molar-refractivity contribution in [3.05, 3.63) is 83.1 Å². The molecule has 0 radical (unpaired) electrons. The first-order chi connectivity index (χ1) is 20.3. The van der Waals surface area contributed by atoms with Gasteiger partial charge in [0.15, 0.2) is 11.6 Å². The Kier molecular flexibility index (Phi) is 8.19. The topological polar surface area (TPSA) is 89.8 Å². The Morgan fingerprint density at radius 3 is 1.98 bits per heavy atom. The van der Waals surface area contributed by atoms with E-state index in [0.717, 1.165) is 23.5 Å². The van der Waals surface area contributed by atoms with Crippen LogP contribution < -0.4 is 4.74 Å². The van der Waals surface area contributed by atoms with Gasteiger partial charge in [-0.2, -0.15) is 13.2 Å². The van der Waals surface area contributed by atoms with Gasteiger partial charge in [-0.05, 0) is 70.8 Å². The van der Waals surface area contributed by atoms with Gasteiger partial charge in [0.2, 0.25) is 5.75 Å². The third-order valence-corrected chi connectivity index (χ3v) is 9.43. The lowest BCUT2D eigenvalue weighted by Crippen LogP contribution is -2.44. The first kappa shape index (κ1) is 32.4. The zero-order valence-electron chi connectivity index (χ0n) is 24.8. The van der Waals surface area contributed by atoms with E-state index in [1.54, 1.807) is 12.1 Å². The summed E-state index contributed by atoms with van der Waals surface area (Å²) in [7, 11) is 0. The van der Waals surface area contributed by atoms with Crippen LogP contribution in [0.3, 0.4) is 0 Å². The van der Waals surface area contributed by atoms with Crippen molar-refractivity contribution in [3.63, 3.8) is 0 Å². The number of alkyl halides is 3. The zero-order chi connectivity index (χ0) is 32.5. The van der Waals surface area contributed by atoms with Gasteiger partial charge < -0.3 is 9.64 Å². The molecule has 0 saturated heterocycles. The second kappa shape index (κ2) is 11.1. The molecule has 0 saturated carbocycles. The maximum absolute atomic E-state index is 14.0. The van der Waals surface area contributed by atoms with Crippen LogP contribution in [0.25, 0.3) is 0 Å². The molecular formula is C32H31Br2F3N2O5. The van der Waals surface area contributed by atoms with E-state index in [9.17, 15) is 32.9 Å². The van der Waals surface area contributed by atoms with Gasteiger partial charge in [-0.1, -0.05) is 43.6 Å². The number of nitrogens with zero attached hydrogens (tertiary/aromatic N) is 2. The molecule has 0 N–H and O–H groups in total. The second-order valence-electron chi connectivity index (χ2n) is 13.1. The predicted molar refractivity (Wildman–Crippen MR) is 165 cm³/mol. The molecule has 0 fully saturated rings. The highest BCUT2D eigenvalue weighted by Gasteiger charge is 2.49. The van der Waals surface area contributed by atoms with E-state index in [0.29, 0.717) is 51.1 Å². The molecule has 2 aromatic rings. The van der Waals surface area contributed by atoms with Gasteiger partial charge in [0, 0.05) is 63.9 Å². The number of benzene rings is 2. The number of nitro benzene ring substituents is 1. The van der Waals surface area contributed by atoms with Crippen LogP contribution in [0.4, 0.5) is 18.9 Å². The van der Waals surface area contributed by atoms with Crippen LogP contribution >= 0.6 is 31.9 Å². The predicted octanol–water partition coefficient (Wildman–Crippen LogP) is 9.64. The first-order valence-corrected chi connectivity index (χ1v) is 15.7. The third kappa shape index (κ3) is 5.87. The van der Waals surface area contributed by atoms with Crippen LogP contribution in [0, 0.1) is 20.9 Å². The number of carbonyl (C=O) groups excluding carboxylic acids is 2. The highest BCUT2D eigenvalue weighted by molar-refractivity contribution is 9.11. The summed E-state index contributed by atoms with van der Waals surface area (Å²) in [4.78, 5) is 41.1. The van der Waals surface area contributed by atoms with Crippen molar-refractivity contribution in [3.8, 4) is 11.5 Å². The van der Waals surface area contributed by atoms with Crippen LogP contribution in [0.5, 0.6) is 11.5 Å². The van der Waals surface area contributed by atoms with E-state index in [1.165, 1.54) is 0 Å². The number of Topliss-reactive ketones (excluding diaryl/α,β-unsaturated/α-hetero) is 2. The zero-order valence-corrected chi connectivity index (χ0v) is 28.0. The van der Waals surface area contributed by atoms with Crippen LogP contribution in [0.1, 0.15) is 77.3 Å². The number of hydrogen-bond acceptors (Lipinski definition) is 6. The highest BCUT2D eigenvalue weighted by atomic mass is 79.9. The molecule has 3 aliphatic rings. The monoisotopic (exact) mass is 738 g/mol. The summed E-state index contributed by atoms with van der Waals surface area (Å²) in [6.07, 6.45) is -3.08. The van der Waals surface area contributed by atoms with Gasteiger partial charge in [0.25, 0.3) is 0 Å². The minimum Gasteiger partial charge on any atom is -0.449 e. The number of rotatable bonds is 5. The molecule has 1 aliphatic heterocycles. The van der Waals surface area contributed by atoms with Crippen LogP contribution in [0.2, 0.25) is 0 Å². The van der Waals surface area contributed by atoms with E-state index in [2.05, 4.69) is 36.8 Å². The molecule has 44 heavy (non-hydrogen) atoms. The maximum Gasteiger partial charge on any atom is 0.416 e. The summed E-state index contributed by atoms with van der Waals surface area (Å²) in [6.45, 7) is 10.7. The van der Waals surface area contributed by atoms with Crippen molar-refractivity contribution in [1.29, 1.82) is 0 Å². The molecule has 1 heterocycles. The van der Waals surface area contributed by atoms with E-state index in [4.69, 9.17) is 4.74 Å². The SMILES string of the molecule is CCN1C2=C(C(=O)CC(C)(C)C2)C(c2cc(Br)cc(Br)c2Oc2ccc(C(F)(F)F)cc2[N+](=O)[O-])C2=C1CC(C)(C)CC2=O. The standard InChI is InChI=1S/C32H31Br2F3N2O5/c1-6-38-21-12-30(2,3)14-23(40)27(21)26(28-22(38)13-31(4,5)15-24(28)41)18-10-17(33)11-19(34)29(18)44-25-8-7-16(32(35,36)37)9-20(25)39(42)43/h7-11,26H,6,12-15H2,1-5H3. The molecule has 0 unspecified atom stereocenters. The van der Waals surface area contributed by atoms with E-state index >= 15 is 0 Å². The molecule has 234 valence electrons. The summed E-state index contributed by atoms with van der Waals surface area (Å²) >= 11 is 6.99. The van der Waals surface area contributed by atoms with Gasteiger partial charge in [-0.25, -0.2) is 0 Å². The summed E-state index contributed by atoms with van der Waals surface area (Å²) in [5, 5.41) is 11.9. The number of halogens is 5. The van der Waals surface area contributed by atoms with Crippen LogP contribution in [0.15, 0.2) is 61.8 Å². The number of carbonyl (C=O) groups is 2. The Hall–Kier alpha value is -2.99. The quantitative estimate of drug-likeness (QED) is 0.224. The normalized spacial score (nSPS) is 20.1. The molecule has 12 heteroatoms. The fourth-order valence-corrected chi connectivity index (χ4v) is 8.01.